The molecule has 0 bridgehead atoms. The molecule has 0 atom stereocenters. The summed E-state index contributed by atoms with van der Waals surface area (Å²) in [4.78, 5) is 0. The van der Waals surface area contributed by atoms with Crippen molar-refractivity contribution in [1.82, 2.24) is 0 Å². The van der Waals surface area contributed by atoms with Crippen LogP contribution in [-0.2, 0) is 6.18 Å². The standard InChI is InChI=1S/C67H41F3S/c68-67(69,70)56-38-54(45-28-26-44(27-29-45)46-10-7-13-49(34-46)52-30-32-61-59-18-2-1-16-57(59)58-17-3-4-19-60(58)64(61)40-52)37-55(39-56)51-15-9-12-48(36-51)43-24-22-42(23-25-43)47-11-8-14-50(35-47)53-31-33-63-62-20-5-6-21-65(62)71-66(63)41-53/h1-41H. The van der Waals surface area contributed by atoms with Crippen LogP contribution in [0.5, 0.6) is 0 Å². The van der Waals surface area contributed by atoms with E-state index >= 15 is 0 Å². The lowest BCUT2D eigenvalue weighted by Gasteiger charge is -2.14. The molecule has 0 saturated heterocycles. The van der Waals surface area contributed by atoms with E-state index in [0.29, 0.717) is 22.3 Å². The Morgan fingerprint density at radius 1 is 0.211 bits per heavy atom. The fraction of sp³-hybridized carbons (Fsp3) is 0.0149. The SMILES string of the molecule is FC(F)(F)c1cc(-c2ccc(-c3cccc(-c4ccc5c6ccccc6c6ccccc6c5c4)c3)cc2)cc(-c2cccc(-c3ccc(-c4cccc(-c5ccc6c(c5)sc5ccccc56)c4)cc3)c2)c1. The first-order valence-electron chi connectivity index (χ1n) is 23.8. The molecule has 1 heterocycles. The number of hydrogen-bond donors (Lipinski definition) is 0. The first kappa shape index (κ1) is 42.5. The molecular weight excluding hydrogens is 894 g/mol. The lowest BCUT2D eigenvalue weighted by molar-refractivity contribution is -0.137. The number of fused-ring (bicyclic) bond motifs is 9. The largest absolute Gasteiger partial charge is 0.416 e. The minimum Gasteiger partial charge on any atom is -0.166 e. The van der Waals surface area contributed by atoms with E-state index in [2.05, 4.69) is 182 Å². The molecule has 336 valence electrons. The maximum atomic E-state index is 14.6. The molecule has 13 rings (SSSR count). The van der Waals surface area contributed by atoms with Crippen molar-refractivity contribution in [3.63, 3.8) is 0 Å². The van der Waals surface area contributed by atoms with Gasteiger partial charge in [0.2, 0.25) is 0 Å². The van der Waals surface area contributed by atoms with E-state index in [0.717, 1.165) is 50.1 Å². The van der Waals surface area contributed by atoms with Crippen LogP contribution in [0.1, 0.15) is 5.56 Å². The molecule has 4 heteroatoms. The van der Waals surface area contributed by atoms with E-state index in [9.17, 15) is 13.2 Å². The Bertz CT molecular complexity index is 4160. The zero-order chi connectivity index (χ0) is 47.6. The molecule has 0 aliphatic rings. The fourth-order valence-corrected chi connectivity index (χ4v) is 11.6. The van der Waals surface area contributed by atoms with Crippen molar-refractivity contribution >= 4 is 63.8 Å². The number of hydrogen-bond acceptors (Lipinski definition) is 1. The predicted molar refractivity (Wildman–Crippen MR) is 295 cm³/mol. The Morgan fingerprint density at radius 2 is 0.521 bits per heavy atom. The topological polar surface area (TPSA) is 0 Å². The van der Waals surface area contributed by atoms with Crippen LogP contribution in [0.2, 0.25) is 0 Å². The third-order valence-corrected chi connectivity index (χ3v) is 15.2. The van der Waals surface area contributed by atoms with Gasteiger partial charge in [0, 0.05) is 20.2 Å². The van der Waals surface area contributed by atoms with Crippen molar-refractivity contribution in [3.05, 3.63) is 254 Å². The lowest BCUT2D eigenvalue weighted by Crippen LogP contribution is -2.05. The molecule has 0 amide bonds. The highest BCUT2D eigenvalue weighted by Gasteiger charge is 2.31. The summed E-state index contributed by atoms with van der Waals surface area (Å²) in [5.74, 6) is 0. The van der Waals surface area contributed by atoms with Gasteiger partial charge in [-0.15, -0.1) is 11.3 Å². The average Bonchev–Trinajstić information content (AvgIpc) is 3.81. The third kappa shape index (κ3) is 7.83. The quantitative estimate of drug-likeness (QED) is 0.140. The number of halogens is 3. The minimum atomic E-state index is -4.52. The monoisotopic (exact) mass is 934 g/mol. The summed E-state index contributed by atoms with van der Waals surface area (Å²) >= 11 is 1.82. The molecule has 0 unspecified atom stereocenters. The molecule has 0 nitrogen and oxygen atoms in total. The van der Waals surface area contributed by atoms with Crippen molar-refractivity contribution < 1.29 is 13.2 Å². The fourth-order valence-electron chi connectivity index (χ4n) is 10.5. The molecular formula is C67H41F3S. The molecule has 0 spiro atoms. The van der Waals surface area contributed by atoms with E-state index < -0.39 is 11.7 Å². The zero-order valence-electron chi connectivity index (χ0n) is 38.2. The Hall–Kier alpha value is -8.57. The maximum absolute atomic E-state index is 14.6. The summed E-state index contributed by atoms with van der Waals surface area (Å²) in [5, 5.41) is 9.95. The molecule has 1 aromatic heterocycles. The van der Waals surface area contributed by atoms with Gasteiger partial charge in [0.25, 0.3) is 0 Å². The van der Waals surface area contributed by atoms with Crippen molar-refractivity contribution in [1.29, 1.82) is 0 Å². The molecule has 12 aromatic carbocycles. The predicted octanol–water partition coefficient (Wildman–Crippen LogP) is 20.2. The number of alkyl halides is 3. The Balaban J connectivity index is 0.774. The first-order valence-corrected chi connectivity index (χ1v) is 24.6. The smallest absolute Gasteiger partial charge is 0.166 e. The van der Waals surface area contributed by atoms with Gasteiger partial charge in [0.15, 0.2) is 0 Å². The van der Waals surface area contributed by atoms with Crippen LogP contribution in [0.3, 0.4) is 0 Å². The first-order chi connectivity index (χ1) is 34.8. The van der Waals surface area contributed by atoms with E-state index in [-0.39, 0.29) is 0 Å². The molecule has 13 aromatic rings. The van der Waals surface area contributed by atoms with E-state index in [1.807, 2.05) is 65.9 Å². The highest BCUT2D eigenvalue weighted by atomic mass is 32.1. The highest BCUT2D eigenvalue weighted by molar-refractivity contribution is 7.25. The second-order valence-electron chi connectivity index (χ2n) is 18.4. The normalized spacial score (nSPS) is 11.9. The summed E-state index contributed by atoms with van der Waals surface area (Å²) in [7, 11) is 0. The van der Waals surface area contributed by atoms with E-state index in [1.54, 1.807) is 0 Å². The lowest BCUT2D eigenvalue weighted by atomic mass is 9.91. The van der Waals surface area contributed by atoms with Gasteiger partial charge in [-0.3, -0.25) is 0 Å². The van der Waals surface area contributed by atoms with E-state index in [4.69, 9.17) is 0 Å². The molecule has 0 aliphatic carbocycles. The van der Waals surface area contributed by atoms with Gasteiger partial charge < -0.3 is 0 Å². The van der Waals surface area contributed by atoms with Gasteiger partial charge in [-0.05, 0) is 165 Å². The van der Waals surface area contributed by atoms with Crippen LogP contribution in [0.25, 0.3) is 130 Å². The van der Waals surface area contributed by atoms with Gasteiger partial charge in [-0.1, -0.05) is 194 Å². The van der Waals surface area contributed by atoms with Crippen LogP contribution in [0.4, 0.5) is 13.2 Å². The summed E-state index contributed by atoms with van der Waals surface area (Å²) in [6.07, 6.45) is -4.52. The summed E-state index contributed by atoms with van der Waals surface area (Å²) in [6, 6.07) is 84.7. The van der Waals surface area contributed by atoms with Crippen LogP contribution in [0, 0.1) is 0 Å². The summed E-state index contributed by atoms with van der Waals surface area (Å²) in [6.45, 7) is 0. The van der Waals surface area contributed by atoms with Gasteiger partial charge in [-0.25, -0.2) is 0 Å². The Kier molecular flexibility index (Phi) is 10.3. The maximum Gasteiger partial charge on any atom is 0.416 e. The third-order valence-electron chi connectivity index (χ3n) is 14.1. The molecule has 0 saturated carbocycles. The summed E-state index contributed by atoms with van der Waals surface area (Å²) in [5.41, 5.74) is 12.4. The van der Waals surface area contributed by atoms with Gasteiger partial charge in [-0.2, -0.15) is 13.2 Å². The molecule has 0 aliphatic heterocycles. The highest BCUT2D eigenvalue weighted by Crippen LogP contribution is 2.41. The van der Waals surface area contributed by atoms with Crippen LogP contribution >= 0.6 is 11.3 Å². The van der Waals surface area contributed by atoms with Crippen molar-refractivity contribution in [2.24, 2.45) is 0 Å². The van der Waals surface area contributed by atoms with Crippen LogP contribution in [0.15, 0.2) is 249 Å². The summed E-state index contributed by atoms with van der Waals surface area (Å²) < 4.78 is 46.4. The molecule has 71 heavy (non-hydrogen) atoms. The van der Waals surface area contributed by atoms with Crippen LogP contribution < -0.4 is 0 Å². The Labute approximate surface area is 413 Å². The Morgan fingerprint density at radius 3 is 1.01 bits per heavy atom. The van der Waals surface area contributed by atoms with Crippen LogP contribution in [-0.4, -0.2) is 0 Å². The second kappa shape index (κ2) is 17.1. The van der Waals surface area contributed by atoms with Gasteiger partial charge >= 0.3 is 6.18 Å². The molecule has 0 N–H and O–H groups in total. The van der Waals surface area contributed by atoms with Gasteiger partial charge in [0.1, 0.15) is 0 Å². The average molecular weight is 935 g/mol. The minimum absolute atomic E-state index is 0.506. The number of thiophene rings is 1. The number of rotatable bonds is 7. The molecule has 0 fully saturated rings. The second-order valence-corrected chi connectivity index (χ2v) is 19.4. The zero-order valence-corrected chi connectivity index (χ0v) is 39.0. The van der Waals surface area contributed by atoms with Crippen molar-refractivity contribution in [2.75, 3.05) is 0 Å². The van der Waals surface area contributed by atoms with Crippen molar-refractivity contribution in [2.45, 2.75) is 6.18 Å². The number of benzene rings is 12. The van der Waals surface area contributed by atoms with Gasteiger partial charge in [0.05, 0.1) is 5.56 Å². The molecule has 0 radical (unpaired) electrons. The van der Waals surface area contributed by atoms with E-state index in [1.165, 1.54) is 70.2 Å². The van der Waals surface area contributed by atoms with Crippen molar-refractivity contribution in [3.8, 4) is 77.9 Å².